The molecule has 0 unspecified atom stereocenters. The number of ether oxygens (including phenoxy) is 1. The number of phenolic OH excluding ortho intramolecular Hbond substituents is 1. The maximum absolute atomic E-state index is 12.2. The standard InChI is InChI=1S/C20H23NO5/c1-12-5-8-17(14(9-12)20(2,3)4)26-11-18(23)21-15-10-13(19(24)25)6-7-16(15)22/h5-10,22H,11H2,1-4H3,(H,21,23)(H,24,25). The van der Waals surface area contributed by atoms with Crippen molar-refractivity contribution in [3.05, 3.63) is 53.1 Å². The molecule has 26 heavy (non-hydrogen) atoms. The number of amides is 1. The summed E-state index contributed by atoms with van der Waals surface area (Å²) in [5.41, 5.74) is 1.93. The maximum Gasteiger partial charge on any atom is 0.335 e. The molecule has 0 radical (unpaired) electrons. The van der Waals surface area contributed by atoms with Crippen LogP contribution in [-0.2, 0) is 10.2 Å². The van der Waals surface area contributed by atoms with E-state index in [1.54, 1.807) is 0 Å². The first-order chi connectivity index (χ1) is 12.1. The van der Waals surface area contributed by atoms with Crippen molar-refractivity contribution in [3.8, 4) is 11.5 Å². The number of nitrogens with one attached hydrogen (secondary N) is 1. The second kappa shape index (κ2) is 7.47. The summed E-state index contributed by atoms with van der Waals surface area (Å²) in [5, 5.41) is 21.2. The van der Waals surface area contributed by atoms with Crippen molar-refractivity contribution in [2.45, 2.75) is 33.1 Å². The number of aromatic hydroxyl groups is 1. The van der Waals surface area contributed by atoms with Gasteiger partial charge >= 0.3 is 5.97 Å². The number of carboxylic acids is 1. The Morgan fingerprint density at radius 3 is 2.42 bits per heavy atom. The lowest BCUT2D eigenvalue weighted by molar-refractivity contribution is -0.118. The molecule has 6 heteroatoms. The number of carbonyl (C=O) groups is 2. The fraction of sp³-hybridized carbons (Fsp3) is 0.300. The first-order valence-electron chi connectivity index (χ1n) is 8.18. The molecule has 3 N–H and O–H groups in total. The van der Waals surface area contributed by atoms with Gasteiger partial charge in [-0.25, -0.2) is 4.79 Å². The summed E-state index contributed by atoms with van der Waals surface area (Å²) in [6, 6.07) is 9.43. The highest BCUT2D eigenvalue weighted by Gasteiger charge is 2.20. The number of rotatable bonds is 5. The van der Waals surface area contributed by atoms with Crippen molar-refractivity contribution < 1.29 is 24.5 Å². The van der Waals surface area contributed by atoms with Crippen LogP contribution in [0.3, 0.4) is 0 Å². The van der Waals surface area contributed by atoms with Gasteiger partial charge in [0.15, 0.2) is 6.61 Å². The molecule has 2 aromatic carbocycles. The minimum absolute atomic E-state index is 0.0263. The molecule has 0 bridgehead atoms. The first kappa shape index (κ1) is 19.3. The van der Waals surface area contributed by atoms with Crippen molar-refractivity contribution in [1.29, 1.82) is 0 Å². The number of phenols is 1. The molecule has 0 saturated carbocycles. The van der Waals surface area contributed by atoms with Gasteiger partial charge in [0.05, 0.1) is 11.3 Å². The summed E-state index contributed by atoms with van der Waals surface area (Å²) in [4.78, 5) is 23.2. The number of carboxylic acid groups (broad SMARTS) is 1. The Hall–Kier alpha value is -3.02. The van der Waals surface area contributed by atoms with Gasteiger partial charge in [-0.2, -0.15) is 0 Å². The predicted molar refractivity (Wildman–Crippen MR) is 99.1 cm³/mol. The third-order valence-corrected chi connectivity index (χ3v) is 3.82. The third-order valence-electron chi connectivity index (χ3n) is 3.82. The zero-order valence-corrected chi connectivity index (χ0v) is 15.3. The van der Waals surface area contributed by atoms with E-state index in [0.29, 0.717) is 5.75 Å². The van der Waals surface area contributed by atoms with E-state index in [0.717, 1.165) is 11.1 Å². The van der Waals surface area contributed by atoms with Gasteiger partial charge in [-0.3, -0.25) is 4.79 Å². The van der Waals surface area contributed by atoms with E-state index in [4.69, 9.17) is 9.84 Å². The third kappa shape index (κ3) is 4.75. The van der Waals surface area contributed by atoms with Gasteiger partial charge in [-0.1, -0.05) is 38.5 Å². The van der Waals surface area contributed by atoms with Crippen molar-refractivity contribution >= 4 is 17.6 Å². The molecular weight excluding hydrogens is 334 g/mol. The highest BCUT2D eigenvalue weighted by atomic mass is 16.5. The number of benzene rings is 2. The highest BCUT2D eigenvalue weighted by molar-refractivity contribution is 5.96. The van der Waals surface area contributed by atoms with Crippen LogP contribution in [0.4, 0.5) is 5.69 Å². The van der Waals surface area contributed by atoms with Crippen molar-refractivity contribution in [2.24, 2.45) is 0 Å². The fourth-order valence-corrected chi connectivity index (χ4v) is 2.45. The van der Waals surface area contributed by atoms with Crippen molar-refractivity contribution in [2.75, 3.05) is 11.9 Å². The molecule has 138 valence electrons. The maximum atomic E-state index is 12.2. The summed E-state index contributed by atoms with van der Waals surface area (Å²) in [6.45, 7) is 7.91. The molecule has 0 aliphatic heterocycles. The average molecular weight is 357 g/mol. The number of hydrogen-bond acceptors (Lipinski definition) is 4. The van der Waals surface area contributed by atoms with E-state index in [1.165, 1.54) is 18.2 Å². The van der Waals surface area contributed by atoms with Crippen LogP contribution < -0.4 is 10.1 Å². The van der Waals surface area contributed by atoms with Crippen molar-refractivity contribution in [1.82, 2.24) is 0 Å². The van der Waals surface area contributed by atoms with Crippen LogP contribution in [0.1, 0.15) is 42.3 Å². The highest BCUT2D eigenvalue weighted by Crippen LogP contribution is 2.32. The summed E-state index contributed by atoms with van der Waals surface area (Å²) >= 11 is 0. The quantitative estimate of drug-likeness (QED) is 0.709. The van der Waals surface area contributed by atoms with Crippen LogP contribution >= 0.6 is 0 Å². The molecule has 2 rings (SSSR count). The Bertz CT molecular complexity index is 837. The molecule has 0 aliphatic carbocycles. The smallest absolute Gasteiger partial charge is 0.335 e. The second-order valence-corrected chi connectivity index (χ2v) is 7.12. The van der Waals surface area contributed by atoms with Gasteiger partial charge in [-0.15, -0.1) is 0 Å². The van der Waals surface area contributed by atoms with E-state index >= 15 is 0 Å². The molecular formula is C20H23NO5. The number of carbonyl (C=O) groups excluding carboxylic acids is 1. The first-order valence-corrected chi connectivity index (χ1v) is 8.18. The van der Waals surface area contributed by atoms with Gasteiger partial charge in [0.25, 0.3) is 5.91 Å². The Balaban J connectivity index is 2.11. The Morgan fingerprint density at radius 2 is 1.81 bits per heavy atom. The average Bonchev–Trinajstić information content (AvgIpc) is 2.54. The van der Waals surface area contributed by atoms with E-state index in [9.17, 15) is 14.7 Å². The monoisotopic (exact) mass is 357 g/mol. The number of anilines is 1. The Kier molecular flexibility index (Phi) is 5.55. The lowest BCUT2D eigenvalue weighted by Gasteiger charge is -2.23. The lowest BCUT2D eigenvalue weighted by Crippen LogP contribution is -2.22. The second-order valence-electron chi connectivity index (χ2n) is 7.12. The summed E-state index contributed by atoms with van der Waals surface area (Å²) in [5.74, 6) is -1.25. The molecule has 0 fully saturated rings. The van der Waals surface area contributed by atoms with Crippen LogP contribution in [0, 0.1) is 6.92 Å². The van der Waals surface area contributed by atoms with Crippen LogP contribution in [-0.4, -0.2) is 28.7 Å². The van der Waals surface area contributed by atoms with Gasteiger partial charge < -0.3 is 20.3 Å². The molecule has 2 aromatic rings. The summed E-state index contributed by atoms with van der Waals surface area (Å²) < 4.78 is 5.66. The fourth-order valence-electron chi connectivity index (χ4n) is 2.45. The molecule has 0 saturated heterocycles. The largest absolute Gasteiger partial charge is 0.506 e. The van der Waals surface area contributed by atoms with E-state index in [2.05, 4.69) is 26.1 Å². The Morgan fingerprint density at radius 1 is 1.12 bits per heavy atom. The molecule has 0 aromatic heterocycles. The zero-order valence-electron chi connectivity index (χ0n) is 15.3. The van der Waals surface area contributed by atoms with Gasteiger partial charge in [0.2, 0.25) is 0 Å². The van der Waals surface area contributed by atoms with Crippen LogP contribution in [0.25, 0.3) is 0 Å². The topological polar surface area (TPSA) is 95.9 Å². The Labute approximate surface area is 152 Å². The molecule has 0 atom stereocenters. The van der Waals surface area contributed by atoms with Gasteiger partial charge in [0.1, 0.15) is 11.5 Å². The van der Waals surface area contributed by atoms with E-state index < -0.39 is 11.9 Å². The summed E-state index contributed by atoms with van der Waals surface area (Å²) in [6.07, 6.45) is 0. The molecule has 0 spiro atoms. The SMILES string of the molecule is Cc1ccc(OCC(=O)Nc2cc(C(=O)O)ccc2O)c(C(C)(C)C)c1. The lowest BCUT2D eigenvalue weighted by atomic mass is 9.85. The molecule has 1 amide bonds. The number of aromatic carboxylic acids is 1. The van der Waals surface area contributed by atoms with Crippen molar-refractivity contribution in [3.63, 3.8) is 0 Å². The molecule has 6 nitrogen and oxygen atoms in total. The van der Waals surface area contributed by atoms with Gasteiger partial charge in [-0.05, 0) is 42.2 Å². The molecule has 0 aliphatic rings. The van der Waals surface area contributed by atoms with E-state index in [-0.39, 0.29) is 29.0 Å². The minimum atomic E-state index is -1.15. The van der Waals surface area contributed by atoms with Crippen LogP contribution in [0.2, 0.25) is 0 Å². The molecule has 0 heterocycles. The minimum Gasteiger partial charge on any atom is -0.506 e. The van der Waals surface area contributed by atoms with Gasteiger partial charge in [0, 0.05) is 0 Å². The number of aryl methyl sites for hydroxylation is 1. The van der Waals surface area contributed by atoms with E-state index in [1.807, 2.05) is 25.1 Å². The normalized spacial score (nSPS) is 11.1. The van der Waals surface area contributed by atoms with Crippen LogP contribution in [0.5, 0.6) is 11.5 Å². The summed E-state index contributed by atoms with van der Waals surface area (Å²) in [7, 11) is 0. The van der Waals surface area contributed by atoms with Crippen LogP contribution in [0.15, 0.2) is 36.4 Å². The number of hydrogen-bond donors (Lipinski definition) is 3. The zero-order chi connectivity index (χ0) is 19.5. The predicted octanol–water partition coefficient (Wildman–Crippen LogP) is 3.71.